The van der Waals surface area contributed by atoms with Crippen molar-refractivity contribution in [2.75, 3.05) is 64.8 Å². The molecule has 3 aromatic rings. The maximum Gasteiger partial charge on any atom is 0.317 e. The van der Waals surface area contributed by atoms with Crippen LogP contribution in [0.15, 0.2) is 66.7 Å². The van der Waals surface area contributed by atoms with Gasteiger partial charge in [-0.2, -0.15) is 0 Å². The molecule has 14 heteroatoms. The van der Waals surface area contributed by atoms with E-state index in [9.17, 15) is 24.6 Å². The summed E-state index contributed by atoms with van der Waals surface area (Å²) >= 11 is 5.46. The van der Waals surface area contributed by atoms with Gasteiger partial charge in [-0.05, 0) is 81.0 Å². The number of thiocarbonyl (C=S) groups is 1. The minimum atomic E-state index is -0.960. The molecule has 2 bridgehead atoms. The molecule has 1 aromatic heterocycles. The number of carbonyl (C=O) groups excluding carboxylic acids is 1. The highest BCUT2D eigenvalue weighted by Gasteiger charge is 2.26. The molecule has 51 heavy (non-hydrogen) atoms. The van der Waals surface area contributed by atoms with Gasteiger partial charge >= 0.3 is 17.9 Å². The van der Waals surface area contributed by atoms with Crippen molar-refractivity contribution in [1.29, 1.82) is 0 Å². The largest absolute Gasteiger partial charge is 0.480 e. The number of esters is 1. The zero-order valence-electron chi connectivity index (χ0n) is 29.3. The fraction of sp³-hybridized carbons (Fsp3) is 0.432. The fourth-order valence-corrected chi connectivity index (χ4v) is 5.92. The van der Waals surface area contributed by atoms with Crippen molar-refractivity contribution in [3.63, 3.8) is 0 Å². The van der Waals surface area contributed by atoms with E-state index in [-0.39, 0.29) is 38.1 Å². The van der Waals surface area contributed by atoms with E-state index in [1.807, 2.05) is 78.4 Å². The number of pyridine rings is 1. The van der Waals surface area contributed by atoms with E-state index in [4.69, 9.17) is 26.7 Å². The third-order valence-electron chi connectivity index (χ3n) is 8.28. The van der Waals surface area contributed by atoms with Crippen molar-refractivity contribution in [3.05, 3.63) is 89.2 Å². The van der Waals surface area contributed by atoms with Crippen LogP contribution in [0.3, 0.4) is 0 Å². The van der Waals surface area contributed by atoms with Gasteiger partial charge in [0.2, 0.25) is 0 Å². The number of carboxylic acid groups (broad SMARTS) is 2. The van der Waals surface area contributed by atoms with E-state index in [0.717, 1.165) is 28.2 Å². The number of likely N-dealkylation sites (N-methyl/N-ethyl adjacent to an activating group) is 1. The first-order valence-electron chi connectivity index (χ1n) is 17.0. The molecule has 0 saturated carbocycles. The number of hydrogen-bond acceptors (Lipinski definition) is 10. The van der Waals surface area contributed by atoms with E-state index in [1.165, 1.54) is 0 Å². The highest BCUT2D eigenvalue weighted by Crippen LogP contribution is 2.18. The van der Waals surface area contributed by atoms with Gasteiger partial charge in [0.05, 0.1) is 37.5 Å². The molecule has 1 atom stereocenters. The highest BCUT2D eigenvalue weighted by atomic mass is 32.1. The van der Waals surface area contributed by atoms with Crippen LogP contribution in [0.4, 0.5) is 5.69 Å². The molecule has 0 fully saturated rings. The van der Waals surface area contributed by atoms with Gasteiger partial charge in [-0.3, -0.25) is 34.1 Å². The molecule has 4 rings (SSSR count). The summed E-state index contributed by atoms with van der Waals surface area (Å²) in [6, 6.07) is 20.5. The Bertz CT molecular complexity index is 1590. The van der Waals surface area contributed by atoms with Crippen LogP contribution in [0.5, 0.6) is 5.75 Å². The number of rotatable bonds is 15. The zero-order chi connectivity index (χ0) is 36.6. The first-order chi connectivity index (χ1) is 24.5. The van der Waals surface area contributed by atoms with E-state index >= 15 is 0 Å². The van der Waals surface area contributed by atoms with Crippen molar-refractivity contribution in [2.24, 2.45) is 0 Å². The fourth-order valence-electron chi connectivity index (χ4n) is 5.70. The predicted molar refractivity (Wildman–Crippen MR) is 198 cm³/mol. The van der Waals surface area contributed by atoms with Crippen LogP contribution in [-0.4, -0.2) is 118 Å². The molecule has 1 aliphatic rings. The second kappa shape index (κ2) is 20.4. The molecule has 274 valence electrons. The maximum atomic E-state index is 12.0. The summed E-state index contributed by atoms with van der Waals surface area (Å²) in [6.45, 7) is 5.40. The van der Waals surface area contributed by atoms with E-state index in [0.29, 0.717) is 69.6 Å². The molecule has 0 amide bonds. The topological polar surface area (TPSA) is 157 Å². The Morgan fingerprint density at radius 3 is 2.33 bits per heavy atom. The quantitative estimate of drug-likeness (QED) is 0.0784. The normalized spacial score (nSPS) is 16.0. The third-order valence-corrected chi connectivity index (χ3v) is 8.53. The summed E-state index contributed by atoms with van der Waals surface area (Å²) < 4.78 is 10.9. The van der Waals surface area contributed by atoms with Gasteiger partial charge in [-0.15, -0.1) is 0 Å². The number of fused-ring (bicyclic) bond motifs is 2. The van der Waals surface area contributed by atoms with Crippen molar-refractivity contribution in [3.8, 4) is 5.75 Å². The number of carbonyl (C=O) groups is 3. The number of hydrogen-bond donors (Lipinski definition) is 4. The molecule has 13 nitrogen and oxygen atoms in total. The van der Waals surface area contributed by atoms with Crippen LogP contribution >= 0.6 is 12.2 Å². The number of carboxylic acids is 2. The standard InChI is InChI=1S/C37H48N6O7S/c1-27-7-13-33(14-8-27)50-36(48)15-20-49-19-4-16-38-37(51)40-29-11-9-28(10-12-29)21-32-24-42(25-34(44)45)18-17-41(2)22-30-5-3-6-31(39-30)23-43(32)26-35(46)47/h3,5-14,32H,4,15-26H2,1-2H3,(H,44,45)(H,46,47)(H2,38,40,51). The van der Waals surface area contributed by atoms with Crippen LogP contribution in [0.25, 0.3) is 0 Å². The molecule has 0 saturated heterocycles. The lowest BCUT2D eigenvalue weighted by atomic mass is 10.0. The lowest BCUT2D eigenvalue weighted by Crippen LogP contribution is -2.49. The molecular formula is C37H48N6O7S. The van der Waals surface area contributed by atoms with E-state index < -0.39 is 11.9 Å². The smallest absolute Gasteiger partial charge is 0.317 e. The van der Waals surface area contributed by atoms with E-state index in [2.05, 4.69) is 15.5 Å². The number of anilines is 1. The van der Waals surface area contributed by atoms with Gasteiger partial charge in [0.1, 0.15) is 5.75 Å². The SMILES string of the molecule is Cc1ccc(OC(=O)CCOCCCNC(=S)Nc2ccc(CC3CN(CC(=O)O)CCN(C)Cc4cccc(n4)CN3CC(=O)O)cc2)cc1. The molecule has 0 radical (unpaired) electrons. The Kier molecular flexibility index (Phi) is 15.7. The number of ether oxygens (including phenoxy) is 2. The van der Waals surface area contributed by atoms with Gasteiger partial charge in [0.25, 0.3) is 0 Å². The average Bonchev–Trinajstić information content (AvgIpc) is 3.07. The van der Waals surface area contributed by atoms with Gasteiger partial charge in [-0.1, -0.05) is 35.9 Å². The third kappa shape index (κ3) is 14.7. The minimum Gasteiger partial charge on any atom is -0.480 e. The molecular weight excluding hydrogens is 673 g/mol. The molecule has 1 unspecified atom stereocenters. The van der Waals surface area contributed by atoms with Gasteiger partial charge in [0, 0.05) is 57.6 Å². The Morgan fingerprint density at radius 1 is 0.922 bits per heavy atom. The minimum absolute atomic E-state index is 0.141. The monoisotopic (exact) mass is 720 g/mol. The first-order valence-corrected chi connectivity index (χ1v) is 17.5. The number of nitrogens with one attached hydrogen (secondary N) is 2. The van der Waals surface area contributed by atoms with Crippen molar-refractivity contribution >= 4 is 40.9 Å². The molecule has 4 N–H and O–H groups in total. The van der Waals surface area contributed by atoms with Crippen LogP contribution in [0, 0.1) is 6.92 Å². The summed E-state index contributed by atoms with van der Waals surface area (Å²) in [5.74, 6) is -1.71. The zero-order valence-corrected chi connectivity index (χ0v) is 30.1. The second-order valence-electron chi connectivity index (χ2n) is 12.7. The average molecular weight is 721 g/mol. The summed E-state index contributed by atoms with van der Waals surface area (Å²) in [5.41, 5.74) is 4.50. The van der Waals surface area contributed by atoms with Gasteiger partial charge < -0.3 is 30.3 Å². The molecule has 2 heterocycles. The first kappa shape index (κ1) is 39.3. The summed E-state index contributed by atoms with van der Waals surface area (Å²) in [4.78, 5) is 46.5. The van der Waals surface area contributed by atoms with Crippen LogP contribution in [0.1, 0.15) is 35.4 Å². The van der Waals surface area contributed by atoms with Crippen molar-refractivity contribution in [1.82, 2.24) is 25.0 Å². The molecule has 1 aliphatic heterocycles. The summed E-state index contributed by atoms with van der Waals surface area (Å²) in [6.07, 6.45) is 1.36. The number of aliphatic carboxylic acids is 2. The number of aryl methyl sites for hydroxylation is 1. The van der Waals surface area contributed by atoms with Crippen LogP contribution in [0.2, 0.25) is 0 Å². The Labute approximate surface area is 304 Å². The molecule has 0 aliphatic carbocycles. The Balaban J connectivity index is 1.28. The predicted octanol–water partition coefficient (Wildman–Crippen LogP) is 3.41. The lowest BCUT2D eigenvalue weighted by molar-refractivity contribution is -0.141. The Hall–Kier alpha value is -4.47. The van der Waals surface area contributed by atoms with Gasteiger partial charge in [-0.25, -0.2) is 0 Å². The van der Waals surface area contributed by atoms with Crippen LogP contribution in [-0.2, 0) is 38.6 Å². The molecule has 2 aromatic carbocycles. The van der Waals surface area contributed by atoms with E-state index in [1.54, 1.807) is 12.1 Å². The van der Waals surface area contributed by atoms with Crippen LogP contribution < -0.4 is 15.4 Å². The summed E-state index contributed by atoms with van der Waals surface area (Å²) in [5, 5.41) is 26.3. The van der Waals surface area contributed by atoms with Crippen molar-refractivity contribution < 1.29 is 34.1 Å². The Morgan fingerprint density at radius 2 is 1.63 bits per heavy atom. The lowest BCUT2D eigenvalue weighted by Gasteiger charge is -2.35. The highest BCUT2D eigenvalue weighted by molar-refractivity contribution is 7.80. The molecule has 0 spiro atoms. The second-order valence-corrected chi connectivity index (χ2v) is 13.1. The summed E-state index contributed by atoms with van der Waals surface area (Å²) in [7, 11) is 1.98. The number of aromatic nitrogens is 1. The maximum absolute atomic E-state index is 12.0. The van der Waals surface area contributed by atoms with Gasteiger partial charge in [0.15, 0.2) is 5.11 Å². The van der Waals surface area contributed by atoms with Crippen molar-refractivity contribution in [2.45, 2.75) is 45.3 Å². The number of benzene rings is 2. The number of nitrogens with zero attached hydrogens (tertiary/aromatic N) is 4.